The van der Waals surface area contributed by atoms with Crippen molar-refractivity contribution in [1.29, 1.82) is 0 Å². The monoisotopic (exact) mass is 433 g/mol. The molecule has 6 heteroatoms. The molecule has 0 spiro atoms. The van der Waals surface area contributed by atoms with Gasteiger partial charge in [-0.2, -0.15) is 0 Å². The summed E-state index contributed by atoms with van der Waals surface area (Å²) in [7, 11) is 0. The third-order valence-electron chi connectivity index (χ3n) is 4.83. The van der Waals surface area contributed by atoms with Crippen LogP contribution in [0.3, 0.4) is 0 Å². The largest absolute Gasteiger partial charge is 0.493 e. The lowest BCUT2D eigenvalue weighted by atomic mass is 10.0. The molecule has 166 valence electrons. The van der Waals surface area contributed by atoms with Crippen molar-refractivity contribution in [2.45, 2.75) is 26.2 Å². The highest BCUT2D eigenvalue weighted by Crippen LogP contribution is 2.21. The number of anilines is 1. The van der Waals surface area contributed by atoms with Crippen molar-refractivity contribution in [3.63, 3.8) is 0 Å². The summed E-state index contributed by atoms with van der Waals surface area (Å²) in [6, 6.07) is 23.9. The number of ether oxygens (including phenoxy) is 3. The molecule has 1 N–H and O–H groups in total. The molecule has 0 heterocycles. The van der Waals surface area contributed by atoms with Crippen LogP contribution in [0.5, 0.6) is 11.5 Å². The predicted molar refractivity (Wildman–Crippen MR) is 123 cm³/mol. The summed E-state index contributed by atoms with van der Waals surface area (Å²) in [5, 5.41) is 2.70. The molecule has 0 aliphatic carbocycles. The van der Waals surface area contributed by atoms with Gasteiger partial charge in [0.25, 0.3) is 0 Å². The van der Waals surface area contributed by atoms with Gasteiger partial charge in [-0.05, 0) is 61.4 Å². The summed E-state index contributed by atoms with van der Waals surface area (Å²) >= 11 is 0. The standard InChI is InChI=1S/C26H27NO5/c1-3-30-25(28)19(2)21-11-15-23(16-12-21)31-18-17-20-9-13-22(14-10-20)27-26(29)32-24-7-5-4-6-8-24/h4-16,19H,3,17-18H2,1-2H3,(H,27,29). The van der Waals surface area contributed by atoms with Crippen molar-refractivity contribution < 1.29 is 23.8 Å². The van der Waals surface area contributed by atoms with Gasteiger partial charge in [-0.15, -0.1) is 0 Å². The zero-order valence-corrected chi connectivity index (χ0v) is 18.2. The number of nitrogens with one attached hydrogen (secondary N) is 1. The quantitative estimate of drug-likeness (QED) is 0.446. The maximum absolute atomic E-state index is 12.0. The molecule has 32 heavy (non-hydrogen) atoms. The van der Waals surface area contributed by atoms with E-state index in [0.717, 1.165) is 23.3 Å². The second-order valence-corrected chi connectivity index (χ2v) is 7.17. The first kappa shape index (κ1) is 22.9. The molecule has 0 radical (unpaired) electrons. The maximum atomic E-state index is 12.0. The van der Waals surface area contributed by atoms with Crippen LogP contribution in [-0.4, -0.2) is 25.3 Å². The highest BCUT2D eigenvalue weighted by molar-refractivity contribution is 5.86. The summed E-state index contributed by atoms with van der Waals surface area (Å²) in [6.07, 6.45) is 0.184. The number of amides is 1. The van der Waals surface area contributed by atoms with Gasteiger partial charge >= 0.3 is 12.1 Å². The number of para-hydroxylation sites is 1. The fraction of sp³-hybridized carbons (Fsp3) is 0.231. The summed E-state index contributed by atoms with van der Waals surface area (Å²) in [4.78, 5) is 23.8. The average Bonchev–Trinajstić information content (AvgIpc) is 2.81. The third kappa shape index (κ3) is 6.87. The van der Waals surface area contributed by atoms with E-state index < -0.39 is 6.09 Å². The van der Waals surface area contributed by atoms with Gasteiger partial charge in [0.2, 0.25) is 0 Å². The summed E-state index contributed by atoms with van der Waals surface area (Å²) in [5.74, 6) is 0.697. The molecule has 0 aliphatic rings. The van der Waals surface area contributed by atoms with Gasteiger partial charge in [0, 0.05) is 12.1 Å². The van der Waals surface area contributed by atoms with Crippen molar-refractivity contribution in [3.05, 3.63) is 90.0 Å². The van der Waals surface area contributed by atoms with Crippen molar-refractivity contribution in [2.24, 2.45) is 0 Å². The van der Waals surface area contributed by atoms with Crippen LogP contribution in [0.2, 0.25) is 0 Å². The van der Waals surface area contributed by atoms with Crippen LogP contribution < -0.4 is 14.8 Å². The summed E-state index contributed by atoms with van der Waals surface area (Å²) < 4.78 is 16.1. The van der Waals surface area contributed by atoms with Gasteiger partial charge < -0.3 is 14.2 Å². The van der Waals surface area contributed by atoms with Crippen LogP contribution in [0, 0.1) is 0 Å². The van der Waals surface area contributed by atoms with Crippen molar-refractivity contribution in [3.8, 4) is 11.5 Å². The maximum Gasteiger partial charge on any atom is 0.417 e. The van der Waals surface area contributed by atoms with E-state index in [0.29, 0.717) is 24.7 Å². The van der Waals surface area contributed by atoms with E-state index in [1.807, 2.05) is 61.5 Å². The first-order valence-electron chi connectivity index (χ1n) is 10.6. The topological polar surface area (TPSA) is 73.9 Å². The number of esters is 1. The van der Waals surface area contributed by atoms with E-state index in [9.17, 15) is 9.59 Å². The predicted octanol–water partition coefficient (Wildman–Crippen LogP) is 5.59. The number of rotatable bonds is 9. The van der Waals surface area contributed by atoms with E-state index in [1.165, 1.54) is 0 Å². The van der Waals surface area contributed by atoms with Crippen LogP contribution >= 0.6 is 0 Å². The fourth-order valence-corrected chi connectivity index (χ4v) is 3.04. The molecule has 6 nitrogen and oxygen atoms in total. The van der Waals surface area contributed by atoms with Crippen molar-refractivity contribution in [2.75, 3.05) is 18.5 Å². The second-order valence-electron chi connectivity index (χ2n) is 7.17. The van der Waals surface area contributed by atoms with Gasteiger partial charge in [-0.3, -0.25) is 10.1 Å². The second kappa shape index (κ2) is 11.6. The van der Waals surface area contributed by atoms with Crippen LogP contribution in [0.25, 0.3) is 0 Å². The highest BCUT2D eigenvalue weighted by Gasteiger charge is 2.16. The molecule has 3 rings (SSSR count). The lowest BCUT2D eigenvalue weighted by Crippen LogP contribution is -2.16. The van der Waals surface area contributed by atoms with Crippen LogP contribution in [-0.2, 0) is 16.0 Å². The number of benzene rings is 3. The lowest BCUT2D eigenvalue weighted by Gasteiger charge is -2.12. The van der Waals surface area contributed by atoms with E-state index >= 15 is 0 Å². The van der Waals surface area contributed by atoms with Gasteiger partial charge in [-0.1, -0.05) is 42.5 Å². The molecule has 0 bridgehead atoms. The van der Waals surface area contributed by atoms with Gasteiger partial charge in [0.05, 0.1) is 19.1 Å². The van der Waals surface area contributed by atoms with Crippen molar-refractivity contribution >= 4 is 17.7 Å². The summed E-state index contributed by atoms with van der Waals surface area (Å²) in [5.41, 5.74) is 2.63. The smallest absolute Gasteiger partial charge is 0.417 e. The zero-order valence-electron chi connectivity index (χ0n) is 18.2. The zero-order chi connectivity index (χ0) is 22.8. The Hall–Kier alpha value is -3.80. The molecule has 0 saturated carbocycles. The number of hydrogen-bond donors (Lipinski definition) is 1. The van der Waals surface area contributed by atoms with E-state index in [-0.39, 0.29) is 11.9 Å². The Morgan fingerprint density at radius 3 is 2.22 bits per heavy atom. The van der Waals surface area contributed by atoms with E-state index in [1.54, 1.807) is 31.2 Å². The third-order valence-corrected chi connectivity index (χ3v) is 4.83. The Balaban J connectivity index is 1.43. The number of carbonyl (C=O) groups excluding carboxylic acids is 2. The van der Waals surface area contributed by atoms with Crippen molar-refractivity contribution in [1.82, 2.24) is 0 Å². The Morgan fingerprint density at radius 2 is 1.56 bits per heavy atom. The van der Waals surface area contributed by atoms with Gasteiger partial charge in [0.15, 0.2) is 0 Å². The molecule has 0 saturated heterocycles. The molecule has 1 atom stereocenters. The molecule has 0 aliphatic heterocycles. The minimum Gasteiger partial charge on any atom is -0.493 e. The Labute approximate surface area is 188 Å². The Bertz CT molecular complexity index is 1000. The first-order chi connectivity index (χ1) is 15.5. The average molecular weight is 434 g/mol. The molecule has 1 amide bonds. The normalized spacial score (nSPS) is 11.3. The van der Waals surface area contributed by atoms with E-state index in [4.69, 9.17) is 14.2 Å². The minimum absolute atomic E-state index is 0.229. The molecule has 0 aromatic heterocycles. The number of hydrogen-bond acceptors (Lipinski definition) is 5. The molecule has 3 aromatic carbocycles. The fourth-order valence-electron chi connectivity index (χ4n) is 3.04. The first-order valence-corrected chi connectivity index (χ1v) is 10.6. The van der Waals surface area contributed by atoms with E-state index in [2.05, 4.69) is 5.32 Å². The Kier molecular flexibility index (Phi) is 8.26. The summed E-state index contributed by atoms with van der Waals surface area (Å²) in [6.45, 7) is 4.51. The van der Waals surface area contributed by atoms with Gasteiger partial charge in [-0.25, -0.2) is 4.79 Å². The lowest BCUT2D eigenvalue weighted by molar-refractivity contribution is -0.144. The number of carbonyl (C=O) groups is 2. The van der Waals surface area contributed by atoms with Crippen LogP contribution in [0.4, 0.5) is 10.5 Å². The highest BCUT2D eigenvalue weighted by atomic mass is 16.6. The molecular weight excluding hydrogens is 406 g/mol. The molecule has 1 unspecified atom stereocenters. The van der Waals surface area contributed by atoms with Crippen LogP contribution in [0.1, 0.15) is 30.9 Å². The minimum atomic E-state index is -0.534. The SMILES string of the molecule is CCOC(=O)C(C)c1ccc(OCCc2ccc(NC(=O)Oc3ccccc3)cc2)cc1. The van der Waals surface area contributed by atoms with Gasteiger partial charge in [0.1, 0.15) is 11.5 Å². The molecule has 0 fully saturated rings. The Morgan fingerprint density at radius 1 is 0.875 bits per heavy atom. The van der Waals surface area contributed by atoms with Crippen LogP contribution in [0.15, 0.2) is 78.9 Å². The molecule has 3 aromatic rings. The molecular formula is C26H27NO5.